The Balaban J connectivity index is 0.000000246. The van der Waals surface area contributed by atoms with Gasteiger partial charge in [0.2, 0.25) is 0 Å². The van der Waals surface area contributed by atoms with E-state index in [0.29, 0.717) is 29.5 Å². The lowest BCUT2D eigenvalue weighted by molar-refractivity contribution is 0.0688. The van der Waals surface area contributed by atoms with Crippen LogP contribution in [-0.2, 0) is 6.54 Å². The topological polar surface area (TPSA) is 445 Å². The molecule has 11 N–H and O–H groups in total. The molecule has 9 aromatic heterocycles. The van der Waals surface area contributed by atoms with Crippen LogP contribution < -0.4 is 49.8 Å². The Bertz CT molecular complexity index is 4210. The molecule has 0 spiro atoms. The Labute approximate surface area is 557 Å². The van der Waals surface area contributed by atoms with Gasteiger partial charge in [0.15, 0.2) is 23.0 Å². The van der Waals surface area contributed by atoms with Crippen LogP contribution in [0.2, 0.25) is 15.5 Å². The van der Waals surface area contributed by atoms with E-state index in [1.165, 1.54) is 104 Å². The van der Waals surface area contributed by atoms with Crippen LogP contribution in [0.4, 0.5) is 22.9 Å². The van der Waals surface area contributed by atoms with Crippen LogP contribution in [0, 0.1) is 0 Å². The number of carbonyl (C=O) groups excluding carboxylic acids is 4. The van der Waals surface area contributed by atoms with Gasteiger partial charge < -0.3 is 57.9 Å². The molecule has 95 heavy (non-hydrogen) atoms. The summed E-state index contributed by atoms with van der Waals surface area (Å²) in [7, 11) is 13.7. The molecule has 0 saturated heterocycles. The van der Waals surface area contributed by atoms with E-state index in [1.54, 1.807) is 83.3 Å². The lowest BCUT2D eigenvalue weighted by Crippen LogP contribution is -2.24. The molecule has 0 aliphatic rings. The van der Waals surface area contributed by atoms with Crippen molar-refractivity contribution in [2.45, 2.75) is 19.9 Å². The number of aromatic carboxylic acids is 1. The molecular weight excluding hydrogens is 1290 g/mol. The molecule has 1 aromatic carbocycles. The Hall–Kier alpha value is -11.6. The molecule has 0 saturated carbocycles. The molecule has 0 unspecified atom stereocenters. The fourth-order valence-electron chi connectivity index (χ4n) is 7.01. The molecule has 10 aromatic rings. The predicted molar refractivity (Wildman–Crippen MR) is 360 cm³/mol. The van der Waals surface area contributed by atoms with Crippen molar-refractivity contribution in [3.8, 4) is 11.6 Å². The van der Waals surface area contributed by atoms with E-state index < -0.39 is 11.9 Å². The summed E-state index contributed by atoms with van der Waals surface area (Å²) in [6, 6.07) is 21.2. The fourth-order valence-corrected chi connectivity index (χ4v) is 7.39. The number of anilines is 4. The number of carbonyl (C=O) groups is 5. The summed E-state index contributed by atoms with van der Waals surface area (Å²) < 4.78 is 4.10. The van der Waals surface area contributed by atoms with Gasteiger partial charge in [-0.15, -0.1) is 0 Å². The monoisotopic (exact) mass is 1360 g/mol. The number of fused-ring (bicyclic) bond motifs is 1. The van der Waals surface area contributed by atoms with E-state index in [-0.39, 0.29) is 89.6 Å². The lowest BCUT2D eigenvalue weighted by Gasteiger charge is -2.20. The molecule has 0 aliphatic heterocycles. The summed E-state index contributed by atoms with van der Waals surface area (Å²) in [5, 5.41) is 16.3. The molecule has 498 valence electrons. The number of nitrogens with zero attached hydrogens (tertiary/aromatic N) is 17. The Morgan fingerprint density at radius 2 is 1.02 bits per heavy atom. The number of nitrogens with two attached hydrogens (primary N) is 4. The summed E-state index contributed by atoms with van der Waals surface area (Å²) in [4.78, 5) is 134. The minimum absolute atomic E-state index is 0.107. The molecule has 10 rings (SSSR count). The summed E-state index contributed by atoms with van der Waals surface area (Å²) in [6.45, 7) is 3.96. The minimum atomic E-state index is -1.11. The van der Waals surface area contributed by atoms with E-state index in [0.717, 1.165) is 24.1 Å². The number of pyridine rings is 3. The van der Waals surface area contributed by atoms with Crippen LogP contribution in [0.25, 0.3) is 17.3 Å². The van der Waals surface area contributed by atoms with Crippen LogP contribution in [-0.4, -0.2) is 181 Å². The van der Waals surface area contributed by atoms with Crippen LogP contribution in [0.1, 0.15) is 71.2 Å². The van der Waals surface area contributed by atoms with Crippen molar-refractivity contribution < 1.29 is 29.1 Å². The van der Waals surface area contributed by atoms with Gasteiger partial charge in [-0.2, -0.15) is 9.61 Å². The van der Waals surface area contributed by atoms with Crippen molar-refractivity contribution >= 4 is 92.9 Å². The molecular formula is C60H68Cl3N23O9. The second kappa shape index (κ2) is 37.7. The van der Waals surface area contributed by atoms with Crippen molar-refractivity contribution in [1.29, 1.82) is 0 Å². The maximum absolute atomic E-state index is 11.8. The highest BCUT2D eigenvalue weighted by molar-refractivity contribution is 6.30. The molecule has 35 heteroatoms. The first-order valence-corrected chi connectivity index (χ1v) is 28.8. The maximum atomic E-state index is 11.8. The number of aromatic nitrogens is 14. The number of carboxylic acid groups (broad SMARTS) is 1. The number of carboxylic acids is 1. The highest BCUT2D eigenvalue weighted by Gasteiger charge is 2.18. The molecule has 0 fully saturated rings. The van der Waals surface area contributed by atoms with Crippen molar-refractivity contribution in [2.75, 3.05) is 85.0 Å². The van der Waals surface area contributed by atoms with Gasteiger partial charge in [-0.1, -0.05) is 72.1 Å². The zero-order chi connectivity index (χ0) is 70.5. The number of halogens is 3. The average molecular weight is 1360 g/mol. The van der Waals surface area contributed by atoms with Crippen molar-refractivity contribution in [2.24, 2.45) is 5.73 Å². The van der Waals surface area contributed by atoms with Crippen molar-refractivity contribution in [3.05, 3.63) is 228 Å². The predicted octanol–water partition coefficient (Wildman–Crippen LogP) is 4.17. The second-order valence-corrected chi connectivity index (χ2v) is 20.8. The third-order valence-corrected chi connectivity index (χ3v) is 12.3. The average Bonchev–Trinajstić information content (AvgIpc) is 1.70. The van der Waals surface area contributed by atoms with Crippen LogP contribution >= 0.6 is 34.8 Å². The number of nitrogens with one attached hydrogen (secondary N) is 2. The zero-order valence-corrected chi connectivity index (χ0v) is 55.0. The van der Waals surface area contributed by atoms with Crippen LogP contribution in [0.5, 0.6) is 0 Å². The van der Waals surface area contributed by atoms with Gasteiger partial charge in [0.1, 0.15) is 43.9 Å². The first-order chi connectivity index (χ1) is 45.1. The molecule has 0 atom stereocenters. The van der Waals surface area contributed by atoms with E-state index in [2.05, 4.69) is 67.2 Å². The highest BCUT2D eigenvalue weighted by Crippen LogP contribution is 2.23. The van der Waals surface area contributed by atoms with E-state index in [4.69, 9.17) is 62.8 Å². The van der Waals surface area contributed by atoms with E-state index in [1.807, 2.05) is 49.3 Å². The number of aromatic amines is 1. The summed E-state index contributed by atoms with van der Waals surface area (Å²) in [5.41, 5.74) is 23.5. The number of amides is 4. The van der Waals surface area contributed by atoms with Gasteiger partial charge in [0, 0.05) is 80.5 Å². The smallest absolute Gasteiger partial charge is 0.356 e. The minimum Gasteiger partial charge on any atom is -0.476 e. The van der Waals surface area contributed by atoms with Gasteiger partial charge >= 0.3 is 5.97 Å². The van der Waals surface area contributed by atoms with Crippen LogP contribution in [0.3, 0.4) is 0 Å². The summed E-state index contributed by atoms with van der Waals surface area (Å²) in [5.74, 6) is -1.02. The number of nitrogen functional groups attached to an aromatic ring is 3. The Kier molecular flexibility index (Phi) is 30.1. The number of H-pyrrole nitrogens is 1. The van der Waals surface area contributed by atoms with Crippen molar-refractivity contribution in [3.63, 3.8) is 0 Å². The van der Waals surface area contributed by atoms with Crippen molar-refractivity contribution in [1.82, 2.24) is 88.6 Å². The van der Waals surface area contributed by atoms with Gasteiger partial charge in [0.05, 0.1) is 72.8 Å². The second-order valence-electron chi connectivity index (χ2n) is 19.6. The van der Waals surface area contributed by atoms with Gasteiger partial charge in [-0.05, 0) is 62.0 Å². The molecule has 9 heterocycles. The Morgan fingerprint density at radius 1 is 0.568 bits per heavy atom. The first-order valence-electron chi connectivity index (χ1n) is 27.7. The molecule has 4 amide bonds. The zero-order valence-electron chi connectivity index (χ0n) is 52.7. The molecule has 0 radical (unpaired) electrons. The summed E-state index contributed by atoms with van der Waals surface area (Å²) in [6.07, 6.45) is 17.6. The van der Waals surface area contributed by atoms with Crippen LogP contribution in [0.15, 0.2) is 162 Å². The molecule has 0 aliphatic carbocycles. The molecule has 32 nitrogen and oxygen atoms in total. The van der Waals surface area contributed by atoms with Gasteiger partial charge in [0.25, 0.3) is 40.3 Å². The van der Waals surface area contributed by atoms with Gasteiger partial charge in [-0.3, -0.25) is 42.7 Å². The van der Waals surface area contributed by atoms with E-state index >= 15 is 0 Å². The Morgan fingerprint density at radius 3 is 1.38 bits per heavy atom. The van der Waals surface area contributed by atoms with E-state index in [9.17, 15) is 38.4 Å². The lowest BCUT2D eigenvalue weighted by atomic mass is 10.2. The first kappa shape index (κ1) is 75.8. The number of hydrogen-bond acceptors (Lipinski definition) is 23. The quantitative estimate of drug-likeness (QED) is 0.0844. The third kappa shape index (κ3) is 23.5. The number of benzene rings is 1. The third-order valence-electron chi connectivity index (χ3n) is 11.7. The van der Waals surface area contributed by atoms with Gasteiger partial charge in [-0.25, -0.2) is 49.7 Å². The fraction of sp³-hybridized carbons (Fsp3) is 0.200. The number of hydrogen-bond donors (Lipinski definition) is 7. The molecule has 0 bridgehead atoms. The largest absolute Gasteiger partial charge is 0.476 e. The highest BCUT2D eigenvalue weighted by atomic mass is 35.5. The SMILES string of the molecule is CCCNC.CN(C)C(=O)c1cnc(-n2cccc(N)c2=O)cn1.CN(C)C(=O)c1cnc(-n2cccc(N)c2=O)cn1.CN(C)C(=O)c1cnc(Cl)cn1.CN(Cc1ccccc1)c1cc(Cl)nc2c(C(N)=O)cnn12.Nc1ccc[nH]c1=O.O=C(O)c1cnc(Cl)cn1. The normalized spacial score (nSPS) is 9.98. The summed E-state index contributed by atoms with van der Waals surface area (Å²) >= 11 is 16.9. The number of rotatable bonds is 12. The standard InChI is InChI=1S/C15H14ClN5O.2C12H13N5O2.C7H8ClN3O.C5H3ClN2O2.C5H6N2O.C4H11N/c1-20(9-10-5-3-2-4-6-10)13-7-12(16)19-15-11(14(17)22)8-18-21(13)15;2*1-16(2)12(19)9-6-15-10(7-14-9)17-5-3-4-8(13)11(17)18;1-11(2)7(12)5-3-10-6(8)4-9-5;6-4-2-7-3(1-8-4)5(9)10;6-4-2-1-3-7-5(4)8;1-3-4-5-2/h2-8H,9H2,1H3,(H2,17,22);2*3-7H,13H2,1-2H3;3-4H,1-2H3;1-2H,(H,9,10);1-3H,6H2,(H,7,8);5H,3-4H2,1-2H3. The maximum Gasteiger partial charge on any atom is 0.356 e. The number of primary amides is 1.